The summed E-state index contributed by atoms with van der Waals surface area (Å²) in [6.45, 7) is 4.07. The molecular weight excluding hydrogens is 404 g/mol. The zero-order valence-electron chi connectivity index (χ0n) is 14.7. The molecular formula is C22H19BrN2O2. The molecule has 5 heteroatoms. The first-order valence-corrected chi connectivity index (χ1v) is 9.28. The molecule has 0 aromatic heterocycles. The molecule has 0 aliphatic carbocycles. The van der Waals surface area contributed by atoms with E-state index >= 15 is 0 Å². The highest BCUT2D eigenvalue weighted by molar-refractivity contribution is 9.10. The van der Waals surface area contributed by atoms with Gasteiger partial charge in [-0.25, -0.2) is 5.43 Å². The third-order valence-electron chi connectivity index (χ3n) is 3.95. The van der Waals surface area contributed by atoms with Crippen molar-refractivity contribution in [3.8, 4) is 5.75 Å². The van der Waals surface area contributed by atoms with Gasteiger partial charge in [0.05, 0.1) is 17.1 Å². The number of amides is 1. The number of nitrogens with one attached hydrogen (secondary N) is 1. The van der Waals surface area contributed by atoms with E-state index in [4.69, 9.17) is 4.74 Å². The normalized spacial score (nSPS) is 10.9. The van der Waals surface area contributed by atoms with Gasteiger partial charge in [0.15, 0.2) is 0 Å². The molecule has 3 rings (SSSR count). The largest absolute Gasteiger partial charge is 0.488 e. The summed E-state index contributed by atoms with van der Waals surface area (Å²) in [5.74, 6) is 0.569. The predicted octanol–water partition coefficient (Wildman–Crippen LogP) is 4.86. The van der Waals surface area contributed by atoms with Gasteiger partial charge in [0.25, 0.3) is 0 Å². The van der Waals surface area contributed by atoms with E-state index in [0.717, 1.165) is 32.1 Å². The second-order valence-corrected chi connectivity index (χ2v) is 6.75. The van der Waals surface area contributed by atoms with Crippen molar-refractivity contribution >= 4 is 38.8 Å². The molecule has 0 aliphatic heterocycles. The van der Waals surface area contributed by atoms with Gasteiger partial charge in [0.2, 0.25) is 5.91 Å². The second kappa shape index (κ2) is 9.14. The highest BCUT2D eigenvalue weighted by Crippen LogP contribution is 2.25. The Morgan fingerprint density at radius 3 is 2.78 bits per heavy atom. The molecule has 0 radical (unpaired) electrons. The maximum absolute atomic E-state index is 12.2. The second-order valence-electron chi connectivity index (χ2n) is 5.90. The quantitative estimate of drug-likeness (QED) is 0.335. The van der Waals surface area contributed by atoms with Gasteiger partial charge in [-0.05, 0) is 56.0 Å². The summed E-state index contributed by atoms with van der Waals surface area (Å²) >= 11 is 3.46. The van der Waals surface area contributed by atoms with Gasteiger partial charge in [0.1, 0.15) is 12.4 Å². The molecule has 0 spiro atoms. The average Bonchev–Trinajstić information content (AvgIpc) is 2.68. The van der Waals surface area contributed by atoms with E-state index < -0.39 is 0 Å². The van der Waals surface area contributed by atoms with Gasteiger partial charge < -0.3 is 4.74 Å². The van der Waals surface area contributed by atoms with E-state index in [1.54, 1.807) is 12.3 Å². The fourth-order valence-electron chi connectivity index (χ4n) is 2.70. The van der Waals surface area contributed by atoms with Gasteiger partial charge in [-0.3, -0.25) is 4.79 Å². The number of carbonyl (C=O) groups excluding carboxylic acids is 1. The van der Waals surface area contributed by atoms with E-state index in [1.807, 2.05) is 60.7 Å². The van der Waals surface area contributed by atoms with Crippen molar-refractivity contribution in [1.29, 1.82) is 0 Å². The van der Waals surface area contributed by atoms with Crippen molar-refractivity contribution < 1.29 is 9.53 Å². The summed E-state index contributed by atoms with van der Waals surface area (Å²) in [5.41, 5.74) is 4.41. The average molecular weight is 423 g/mol. The standard InChI is InChI=1S/C22H19BrN2O2/c1-2-12-27-21-11-10-16(13-20(21)23)15-24-25-22(26)14-18-8-5-7-17-6-3-4-9-19(17)18/h2-11,13,15H,1,12,14H2,(H,25,26)/b24-15-. The number of nitrogens with zero attached hydrogens (tertiary/aromatic N) is 1. The molecule has 0 atom stereocenters. The van der Waals surface area contributed by atoms with Crippen LogP contribution in [0.2, 0.25) is 0 Å². The van der Waals surface area contributed by atoms with Crippen LogP contribution in [0.4, 0.5) is 0 Å². The molecule has 4 nitrogen and oxygen atoms in total. The Morgan fingerprint density at radius 1 is 1.15 bits per heavy atom. The van der Waals surface area contributed by atoms with Gasteiger partial charge in [-0.1, -0.05) is 55.1 Å². The summed E-state index contributed by atoms with van der Waals surface area (Å²) in [7, 11) is 0. The zero-order chi connectivity index (χ0) is 19.1. The zero-order valence-corrected chi connectivity index (χ0v) is 16.3. The number of benzene rings is 3. The van der Waals surface area contributed by atoms with Crippen LogP contribution < -0.4 is 10.2 Å². The molecule has 136 valence electrons. The Balaban J connectivity index is 1.61. The monoisotopic (exact) mass is 422 g/mol. The Bertz CT molecular complexity index is 993. The van der Waals surface area contributed by atoms with Crippen LogP contribution in [0.15, 0.2) is 82.9 Å². The van der Waals surface area contributed by atoms with Gasteiger partial charge in [-0.2, -0.15) is 5.10 Å². The number of ether oxygens (including phenoxy) is 1. The Kier molecular flexibility index (Phi) is 6.39. The third-order valence-corrected chi connectivity index (χ3v) is 4.57. The Morgan fingerprint density at radius 2 is 1.96 bits per heavy atom. The van der Waals surface area contributed by atoms with E-state index in [-0.39, 0.29) is 12.3 Å². The molecule has 0 fully saturated rings. The molecule has 1 amide bonds. The number of hydrogen-bond acceptors (Lipinski definition) is 3. The molecule has 0 bridgehead atoms. The smallest absolute Gasteiger partial charge is 0.244 e. The number of halogens is 1. The van der Waals surface area contributed by atoms with E-state index in [1.165, 1.54) is 0 Å². The van der Waals surface area contributed by atoms with Crippen molar-refractivity contribution in [2.24, 2.45) is 5.10 Å². The van der Waals surface area contributed by atoms with Crippen LogP contribution in [0.5, 0.6) is 5.75 Å². The Labute approximate surface area is 166 Å². The molecule has 0 heterocycles. The van der Waals surface area contributed by atoms with E-state index in [0.29, 0.717) is 6.61 Å². The third kappa shape index (κ3) is 5.05. The minimum atomic E-state index is -0.160. The number of fused-ring (bicyclic) bond motifs is 1. The van der Waals surface area contributed by atoms with Crippen LogP contribution >= 0.6 is 15.9 Å². The van der Waals surface area contributed by atoms with Crippen molar-refractivity contribution in [2.45, 2.75) is 6.42 Å². The molecule has 0 aliphatic rings. The molecule has 0 saturated heterocycles. The summed E-state index contributed by atoms with van der Waals surface area (Å²) in [4.78, 5) is 12.2. The predicted molar refractivity (Wildman–Crippen MR) is 113 cm³/mol. The molecule has 1 N–H and O–H groups in total. The first kappa shape index (κ1) is 18.9. The summed E-state index contributed by atoms with van der Waals surface area (Å²) in [6, 6.07) is 19.6. The SMILES string of the molecule is C=CCOc1ccc(/C=N\NC(=O)Cc2cccc3ccccc23)cc1Br. The lowest BCUT2D eigenvalue weighted by Crippen LogP contribution is -2.19. The fourth-order valence-corrected chi connectivity index (χ4v) is 3.21. The topological polar surface area (TPSA) is 50.7 Å². The highest BCUT2D eigenvalue weighted by atomic mass is 79.9. The van der Waals surface area contributed by atoms with Crippen molar-refractivity contribution in [3.05, 3.63) is 88.9 Å². The maximum atomic E-state index is 12.2. The van der Waals surface area contributed by atoms with Crippen LogP contribution in [0, 0.1) is 0 Å². The maximum Gasteiger partial charge on any atom is 0.244 e. The Hall–Kier alpha value is -2.92. The van der Waals surface area contributed by atoms with Gasteiger partial charge >= 0.3 is 0 Å². The number of carbonyl (C=O) groups is 1. The lowest BCUT2D eigenvalue weighted by atomic mass is 10.0. The molecule has 3 aromatic rings. The molecule has 3 aromatic carbocycles. The van der Waals surface area contributed by atoms with Gasteiger partial charge in [-0.15, -0.1) is 0 Å². The van der Waals surface area contributed by atoms with Crippen LogP contribution in [0.3, 0.4) is 0 Å². The molecule has 0 saturated carbocycles. The van der Waals surface area contributed by atoms with Gasteiger partial charge in [0, 0.05) is 0 Å². The summed E-state index contributed by atoms with van der Waals surface area (Å²) in [5, 5.41) is 6.25. The number of hydrogen-bond donors (Lipinski definition) is 1. The van der Waals surface area contributed by atoms with E-state index in [2.05, 4.69) is 33.0 Å². The minimum absolute atomic E-state index is 0.160. The first-order valence-electron chi connectivity index (χ1n) is 8.49. The summed E-state index contributed by atoms with van der Waals surface area (Å²) < 4.78 is 6.32. The van der Waals surface area contributed by atoms with Crippen LogP contribution in [-0.4, -0.2) is 18.7 Å². The molecule has 0 unspecified atom stereocenters. The van der Waals surface area contributed by atoms with E-state index in [9.17, 15) is 4.79 Å². The van der Waals surface area contributed by atoms with Crippen LogP contribution in [0.1, 0.15) is 11.1 Å². The number of rotatable bonds is 7. The van der Waals surface area contributed by atoms with Crippen LogP contribution in [0.25, 0.3) is 10.8 Å². The summed E-state index contributed by atoms with van der Waals surface area (Å²) in [6.07, 6.45) is 3.56. The lowest BCUT2D eigenvalue weighted by molar-refractivity contribution is -0.120. The van der Waals surface area contributed by atoms with Crippen molar-refractivity contribution in [3.63, 3.8) is 0 Å². The first-order chi connectivity index (χ1) is 13.2. The van der Waals surface area contributed by atoms with Crippen LogP contribution in [-0.2, 0) is 11.2 Å². The minimum Gasteiger partial charge on any atom is -0.488 e. The molecule has 27 heavy (non-hydrogen) atoms. The highest BCUT2D eigenvalue weighted by Gasteiger charge is 2.06. The fraction of sp³-hybridized carbons (Fsp3) is 0.0909. The number of hydrazone groups is 1. The van der Waals surface area contributed by atoms with Crippen molar-refractivity contribution in [2.75, 3.05) is 6.61 Å². The van der Waals surface area contributed by atoms with Crippen molar-refractivity contribution in [1.82, 2.24) is 5.43 Å². The lowest BCUT2D eigenvalue weighted by Gasteiger charge is -2.06.